The fourth-order valence-electron chi connectivity index (χ4n) is 3.01. The van der Waals surface area contributed by atoms with Gasteiger partial charge in [-0.05, 0) is 48.0 Å². The highest BCUT2D eigenvalue weighted by molar-refractivity contribution is 6.32. The van der Waals surface area contributed by atoms with Gasteiger partial charge in [-0.2, -0.15) is 0 Å². The van der Waals surface area contributed by atoms with Crippen LogP contribution in [0, 0.1) is 0 Å². The monoisotopic (exact) mass is 412 g/mol. The fraction of sp³-hybridized carbons (Fsp3) is 0.0476. The van der Waals surface area contributed by atoms with Gasteiger partial charge in [-0.3, -0.25) is 9.78 Å². The van der Waals surface area contributed by atoms with Crippen LogP contribution in [-0.2, 0) is 6.54 Å². The first kappa shape index (κ1) is 19.9. The summed E-state index contributed by atoms with van der Waals surface area (Å²) in [6.45, 7) is 0.442. The largest absolute Gasteiger partial charge is 0.361 e. The number of H-pyrrole nitrogens is 1. The molecular formula is C21H18Cl2N4O. The number of aromatic amines is 1. The van der Waals surface area contributed by atoms with E-state index >= 15 is 0 Å². The van der Waals surface area contributed by atoms with Gasteiger partial charge in [0, 0.05) is 46.0 Å². The first-order valence-electron chi connectivity index (χ1n) is 8.47. The van der Waals surface area contributed by atoms with Crippen LogP contribution in [0.25, 0.3) is 22.2 Å². The Labute approximate surface area is 173 Å². The van der Waals surface area contributed by atoms with Crippen LogP contribution in [0.4, 0.5) is 5.69 Å². The fourth-order valence-corrected chi connectivity index (χ4v) is 3.23. The zero-order valence-corrected chi connectivity index (χ0v) is 16.3. The highest BCUT2D eigenvalue weighted by Crippen LogP contribution is 2.28. The van der Waals surface area contributed by atoms with Crippen LogP contribution in [0.3, 0.4) is 0 Å². The van der Waals surface area contributed by atoms with E-state index in [9.17, 15) is 4.79 Å². The summed E-state index contributed by atoms with van der Waals surface area (Å²) < 4.78 is 0. The van der Waals surface area contributed by atoms with Crippen molar-refractivity contribution in [1.29, 1.82) is 0 Å². The predicted molar refractivity (Wildman–Crippen MR) is 116 cm³/mol. The molecule has 0 radical (unpaired) electrons. The van der Waals surface area contributed by atoms with E-state index in [4.69, 9.17) is 17.3 Å². The Balaban J connectivity index is 0.00000225. The first-order chi connectivity index (χ1) is 13.1. The second-order valence-electron chi connectivity index (χ2n) is 6.18. The number of nitrogens with zero attached hydrogens (tertiary/aromatic N) is 1. The topological polar surface area (TPSA) is 83.8 Å². The third-order valence-corrected chi connectivity index (χ3v) is 4.58. The molecule has 2 aromatic heterocycles. The summed E-state index contributed by atoms with van der Waals surface area (Å²) in [4.78, 5) is 20.3. The molecule has 4 N–H and O–H groups in total. The minimum Gasteiger partial charge on any atom is -0.361 e. The number of benzene rings is 2. The molecule has 0 aliphatic rings. The summed E-state index contributed by atoms with van der Waals surface area (Å²) in [6, 6.07) is 16.6. The smallest absolute Gasteiger partial charge is 0.255 e. The van der Waals surface area contributed by atoms with Gasteiger partial charge in [0.05, 0.1) is 11.4 Å². The summed E-state index contributed by atoms with van der Waals surface area (Å²) in [5.41, 5.74) is 10.4. The van der Waals surface area contributed by atoms with Crippen molar-refractivity contribution in [3.63, 3.8) is 0 Å². The second-order valence-corrected chi connectivity index (χ2v) is 6.62. The molecule has 2 heterocycles. The third kappa shape index (κ3) is 4.02. The molecule has 0 saturated heterocycles. The van der Waals surface area contributed by atoms with E-state index in [-0.39, 0.29) is 18.3 Å². The number of halogens is 2. The highest BCUT2D eigenvalue weighted by atomic mass is 35.5. The summed E-state index contributed by atoms with van der Waals surface area (Å²) in [5.74, 6) is -0.211. The van der Waals surface area contributed by atoms with Crippen LogP contribution in [0.2, 0.25) is 5.02 Å². The number of hydrogen-bond donors (Lipinski definition) is 3. The quantitative estimate of drug-likeness (QED) is 0.440. The number of fused-ring (bicyclic) bond motifs is 1. The van der Waals surface area contributed by atoms with Crippen molar-refractivity contribution in [2.24, 2.45) is 5.73 Å². The van der Waals surface area contributed by atoms with Crippen LogP contribution in [0.1, 0.15) is 15.9 Å². The van der Waals surface area contributed by atoms with Gasteiger partial charge in [0.1, 0.15) is 0 Å². The van der Waals surface area contributed by atoms with Gasteiger partial charge in [-0.25, -0.2) is 0 Å². The lowest BCUT2D eigenvalue weighted by atomic mass is 10.1. The predicted octanol–water partition coefficient (Wildman–Crippen LogP) is 5.02. The molecule has 0 spiro atoms. The SMILES string of the molecule is Cl.NCc1ccnc(-c2cccc(C(=O)Nc3cc(Cl)cc4[nH]ccc34)c2)c1. The van der Waals surface area contributed by atoms with Crippen molar-refractivity contribution in [2.45, 2.75) is 6.54 Å². The molecule has 0 atom stereocenters. The maximum Gasteiger partial charge on any atom is 0.255 e. The van der Waals surface area contributed by atoms with Gasteiger partial charge < -0.3 is 16.0 Å². The molecule has 0 aliphatic carbocycles. The molecule has 0 saturated carbocycles. The first-order valence-corrected chi connectivity index (χ1v) is 8.85. The minimum absolute atomic E-state index is 0. The molecule has 2 aromatic carbocycles. The van der Waals surface area contributed by atoms with Crippen molar-refractivity contribution in [2.75, 3.05) is 5.32 Å². The molecule has 0 aliphatic heterocycles. The summed E-state index contributed by atoms with van der Waals surface area (Å²) >= 11 is 6.15. The number of nitrogens with two attached hydrogens (primary N) is 1. The number of pyridine rings is 1. The zero-order chi connectivity index (χ0) is 18.8. The summed E-state index contributed by atoms with van der Waals surface area (Å²) in [7, 11) is 0. The van der Waals surface area contributed by atoms with Gasteiger partial charge in [0.2, 0.25) is 0 Å². The maximum absolute atomic E-state index is 12.8. The van der Waals surface area contributed by atoms with E-state index in [0.29, 0.717) is 22.8 Å². The van der Waals surface area contributed by atoms with Gasteiger partial charge in [-0.1, -0.05) is 23.7 Å². The Hall–Kier alpha value is -2.86. The molecule has 4 aromatic rings. The van der Waals surface area contributed by atoms with Crippen LogP contribution in [-0.4, -0.2) is 15.9 Å². The van der Waals surface area contributed by atoms with Crippen LogP contribution < -0.4 is 11.1 Å². The number of carbonyl (C=O) groups is 1. The van der Waals surface area contributed by atoms with E-state index in [0.717, 1.165) is 27.7 Å². The number of aromatic nitrogens is 2. The number of nitrogens with one attached hydrogen (secondary N) is 2. The van der Waals surface area contributed by atoms with E-state index in [1.807, 2.05) is 48.7 Å². The normalized spacial score (nSPS) is 10.5. The number of hydrogen-bond acceptors (Lipinski definition) is 3. The molecule has 0 fully saturated rings. The molecular weight excluding hydrogens is 395 g/mol. The van der Waals surface area contributed by atoms with Gasteiger partial charge in [-0.15, -0.1) is 12.4 Å². The van der Waals surface area contributed by atoms with Gasteiger partial charge in [0.15, 0.2) is 0 Å². The standard InChI is InChI=1S/C21H17ClN4O.ClH/c22-16-10-19-17(5-7-25-19)20(11-16)26-21(27)15-3-1-2-14(9-15)18-8-13(12-23)4-6-24-18;/h1-11,25H,12,23H2,(H,26,27);1H. The lowest BCUT2D eigenvalue weighted by Crippen LogP contribution is -2.12. The summed E-state index contributed by atoms with van der Waals surface area (Å²) in [5, 5.41) is 4.40. The van der Waals surface area contributed by atoms with Crippen molar-refractivity contribution < 1.29 is 4.79 Å². The second kappa shape index (κ2) is 8.44. The number of anilines is 1. The zero-order valence-electron chi connectivity index (χ0n) is 14.8. The van der Waals surface area contributed by atoms with E-state index < -0.39 is 0 Å². The maximum atomic E-state index is 12.8. The molecule has 1 amide bonds. The summed E-state index contributed by atoms with van der Waals surface area (Å²) in [6.07, 6.45) is 3.53. The molecule has 7 heteroatoms. The highest BCUT2D eigenvalue weighted by Gasteiger charge is 2.11. The van der Waals surface area contributed by atoms with Gasteiger partial charge >= 0.3 is 0 Å². The lowest BCUT2D eigenvalue weighted by Gasteiger charge is -2.09. The van der Waals surface area contributed by atoms with Crippen LogP contribution >= 0.6 is 24.0 Å². The molecule has 0 bridgehead atoms. The molecule has 4 rings (SSSR count). The van der Waals surface area contributed by atoms with Crippen molar-refractivity contribution in [1.82, 2.24) is 9.97 Å². The van der Waals surface area contributed by atoms with E-state index in [2.05, 4.69) is 15.3 Å². The molecule has 142 valence electrons. The van der Waals surface area contributed by atoms with Crippen LogP contribution in [0.5, 0.6) is 0 Å². The lowest BCUT2D eigenvalue weighted by molar-refractivity contribution is 0.102. The molecule has 5 nitrogen and oxygen atoms in total. The van der Waals surface area contributed by atoms with E-state index in [1.165, 1.54) is 0 Å². The Bertz CT molecular complexity index is 1140. The third-order valence-electron chi connectivity index (χ3n) is 4.36. The van der Waals surface area contributed by atoms with E-state index in [1.54, 1.807) is 18.3 Å². The molecule has 0 unspecified atom stereocenters. The van der Waals surface area contributed by atoms with Crippen molar-refractivity contribution in [3.05, 3.63) is 83.1 Å². The number of rotatable bonds is 4. The Morgan fingerprint density at radius 2 is 2.00 bits per heavy atom. The number of amides is 1. The Kier molecular flexibility index (Phi) is 5.99. The Morgan fingerprint density at radius 1 is 1.14 bits per heavy atom. The average molecular weight is 413 g/mol. The van der Waals surface area contributed by atoms with Crippen molar-refractivity contribution in [3.8, 4) is 11.3 Å². The van der Waals surface area contributed by atoms with Crippen molar-refractivity contribution >= 4 is 46.5 Å². The molecule has 28 heavy (non-hydrogen) atoms. The minimum atomic E-state index is -0.211. The average Bonchev–Trinajstić information content (AvgIpc) is 3.16. The number of carbonyl (C=O) groups excluding carboxylic acids is 1. The van der Waals surface area contributed by atoms with Crippen LogP contribution in [0.15, 0.2) is 67.0 Å². The van der Waals surface area contributed by atoms with Gasteiger partial charge in [0.25, 0.3) is 5.91 Å². The Morgan fingerprint density at radius 3 is 2.82 bits per heavy atom.